The SMILES string of the molecule is N[C@@H](Cc1c[nH]c2ccccc12)C(=O)NCC(=O)N1CCC[C@H]1C(=O)O. The van der Waals surface area contributed by atoms with E-state index in [2.05, 4.69) is 10.3 Å². The van der Waals surface area contributed by atoms with Crippen LogP contribution >= 0.6 is 0 Å². The molecule has 2 heterocycles. The number of carbonyl (C=O) groups excluding carboxylic acids is 2. The van der Waals surface area contributed by atoms with Crippen molar-refractivity contribution < 1.29 is 19.5 Å². The standard InChI is InChI=1S/C18H22N4O4/c19-13(8-11-9-20-14-5-2-1-4-12(11)14)17(24)21-10-16(23)22-7-3-6-15(22)18(25)26/h1-2,4-5,9,13,15,20H,3,6-8,10,19H2,(H,21,24)(H,25,26)/t13-,15-/m0/s1. The maximum atomic E-state index is 12.2. The largest absolute Gasteiger partial charge is 0.480 e. The van der Waals surface area contributed by atoms with Crippen LogP contribution in [0.2, 0.25) is 0 Å². The van der Waals surface area contributed by atoms with Crippen molar-refractivity contribution in [1.29, 1.82) is 0 Å². The van der Waals surface area contributed by atoms with Crippen molar-refractivity contribution >= 4 is 28.7 Å². The van der Waals surface area contributed by atoms with Gasteiger partial charge in [0.1, 0.15) is 6.04 Å². The number of carbonyl (C=O) groups is 3. The lowest BCUT2D eigenvalue weighted by Gasteiger charge is -2.22. The van der Waals surface area contributed by atoms with Crippen LogP contribution in [0.4, 0.5) is 0 Å². The molecule has 0 unspecified atom stereocenters. The van der Waals surface area contributed by atoms with Crippen molar-refractivity contribution in [2.75, 3.05) is 13.1 Å². The number of nitrogens with two attached hydrogens (primary N) is 1. The fraction of sp³-hybridized carbons (Fsp3) is 0.389. The van der Waals surface area contributed by atoms with Crippen LogP contribution in [0, 0.1) is 0 Å². The van der Waals surface area contributed by atoms with Crippen LogP contribution in [0.5, 0.6) is 0 Å². The van der Waals surface area contributed by atoms with E-state index in [1.807, 2.05) is 30.5 Å². The minimum absolute atomic E-state index is 0.246. The summed E-state index contributed by atoms with van der Waals surface area (Å²) in [6.45, 7) is 0.150. The second-order valence-corrected chi connectivity index (χ2v) is 6.47. The summed E-state index contributed by atoms with van der Waals surface area (Å²) in [4.78, 5) is 40.0. The average Bonchev–Trinajstić information content (AvgIpc) is 3.27. The number of hydrogen-bond acceptors (Lipinski definition) is 4. The maximum absolute atomic E-state index is 12.2. The van der Waals surface area contributed by atoms with E-state index in [1.54, 1.807) is 0 Å². The summed E-state index contributed by atoms with van der Waals surface area (Å²) < 4.78 is 0. The van der Waals surface area contributed by atoms with Crippen molar-refractivity contribution in [2.45, 2.75) is 31.3 Å². The van der Waals surface area contributed by atoms with Gasteiger partial charge in [-0.1, -0.05) is 18.2 Å². The molecule has 1 aliphatic rings. The van der Waals surface area contributed by atoms with Crippen LogP contribution in [0.25, 0.3) is 10.9 Å². The molecule has 2 atom stereocenters. The number of hydrogen-bond donors (Lipinski definition) is 4. The van der Waals surface area contributed by atoms with Crippen LogP contribution in [0.1, 0.15) is 18.4 Å². The molecular formula is C18H22N4O4. The Bertz CT molecular complexity index is 831. The average molecular weight is 358 g/mol. The number of aromatic nitrogens is 1. The van der Waals surface area contributed by atoms with Crippen LogP contribution in [0.3, 0.4) is 0 Å². The Hall–Kier alpha value is -2.87. The number of aliphatic carboxylic acids is 1. The lowest BCUT2D eigenvalue weighted by molar-refractivity contribution is -0.148. The first-order valence-corrected chi connectivity index (χ1v) is 8.58. The first-order chi connectivity index (χ1) is 12.5. The number of aromatic amines is 1. The molecule has 1 aliphatic heterocycles. The summed E-state index contributed by atoms with van der Waals surface area (Å²) in [5.41, 5.74) is 7.87. The van der Waals surface area contributed by atoms with Gasteiger partial charge in [-0.3, -0.25) is 9.59 Å². The Morgan fingerprint density at radius 1 is 1.35 bits per heavy atom. The van der Waals surface area contributed by atoms with Crippen molar-refractivity contribution in [3.05, 3.63) is 36.0 Å². The molecule has 0 spiro atoms. The number of fused-ring (bicyclic) bond motifs is 1. The van der Waals surface area contributed by atoms with Crippen molar-refractivity contribution in [2.24, 2.45) is 5.73 Å². The van der Waals surface area contributed by atoms with Gasteiger partial charge in [-0.2, -0.15) is 0 Å². The van der Waals surface area contributed by atoms with E-state index in [0.717, 1.165) is 16.5 Å². The zero-order valence-corrected chi connectivity index (χ0v) is 14.3. The number of para-hydroxylation sites is 1. The number of amides is 2. The minimum atomic E-state index is -1.02. The Labute approximate surface area is 150 Å². The van der Waals surface area contributed by atoms with Gasteiger partial charge in [0, 0.05) is 23.6 Å². The fourth-order valence-electron chi connectivity index (χ4n) is 3.35. The summed E-state index contributed by atoms with van der Waals surface area (Å²) >= 11 is 0. The van der Waals surface area contributed by atoms with E-state index in [9.17, 15) is 14.4 Å². The molecular weight excluding hydrogens is 336 g/mol. The van der Waals surface area contributed by atoms with Crippen molar-refractivity contribution in [3.8, 4) is 0 Å². The van der Waals surface area contributed by atoms with Gasteiger partial charge in [0.25, 0.3) is 0 Å². The van der Waals surface area contributed by atoms with E-state index in [1.165, 1.54) is 4.90 Å². The Kier molecular flexibility index (Phi) is 5.22. The third-order valence-corrected chi connectivity index (χ3v) is 4.72. The Balaban J connectivity index is 1.54. The molecule has 0 radical (unpaired) electrons. The molecule has 1 aromatic carbocycles. The number of nitrogens with zero attached hydrogens (tertiary/aromatic N) is 1. The predicted octanol–water partition coefficient (Wildman–Crippen LogP) is 0.230. The second-order valence-electron chi connectivity index (χ2n) is 6.47. The summed E-state index contributed by atoms with van der Waals surface area (Å²) in [6, 6.07) is 6.13. The molecule has 0 saturated carbocycles. The number of likely N-dealkylation sites (tertiary alicyclic amines) is 1. The third-order valence-electron chi connectivity index (χ3n) is 4.72. The summed E-state index contributed by atoms with van der Waals surface area (Å²) in [7, 11) is 0. The van der Waals surface area contributed by atoms with Gasteiger partial charge in [-0.25, -0.2) is 4.79 Å². The molecule has 0 aliphatic carbocycles. The summed E-state index contributed by atoms with van der Waals surface area (Å²) in [6.07, 6.45) is 3.25. The lowest BCUT2D eigenvalue weighted by atomic mass is 10.1. The number of benzene rings is 1. The van der Waals surface area contributed by atoms with E-state index >= 15 is 0 Å². The van der Waals surface area contributed by atoms with Crippen molar-refractivity contribution in [1.82, 2.24) is 15.2 Å². The van der Waals surface area contributed by atoms with Gasteiger partial charge >= 0.3 is 5.97 Å². The molecule has 3 rings (SSSR count). The zero-order valence-electron chi connectivity index (χ0n) is 14.3. The van der Waals surface area contributed by atoms with Gasteiger partial charge in [-0.15, -0.1) is 0 Å². The number of rotatable bonds is 6. The van der Waals surface area contributed by atoms with Gasteiger partial charge in [-0.05, 0) is 30.9 Å². The van der Waals surface area contributed by atoms with E-state index in [-0.39, 0.29) is 6.54 Å². The summed E-state index contributed by atoms with van der Waals surface area (Å²) in [5.74, 6) is -1.85. The lowest BCUT2D eigenvalue weighted by Crippen LogP contribution is -2.49. The molecule has 2 aromatic rings. The smallest absolute Gasteiger partial charge is 0.326 e. The first-order valence-electron chi connectivity index (χ1n) is 8.58. The normalized spacial score (nSPS) is 18.0. The Morgan fingerprint density at radius 2 is 2.12 bits per heavy atom. The highest BCUT2D eigenvalue weighted by Gasteiger charge is 2.33. The van der Waals surface area contributed by atoms with Crippen LogP contribution in [-0.4, -0.2) is 57.9 Å². The number of carboxylic acid groups (broad SMARTS) is 1. The fourth-order valence-corrected chi connectivity index (χ4v) is 3.35. The van der Waals surface area contributed by atoms with Crippen LogP contribution in [-0.2, 0) is 20.8 Å². The van der Waals surface area contributed by atoms with Crippen LogP contribution < -0.4 is 11.1 Å². The van der Waals surface area contributed by atoms with Gasteiger partial charge < -0.3 is 26.0 Å². The molecule has 5 N–H and O–H groups in total. The highest BCUT2D eigenvalue weighted by molar-refractivity contribution is 5.90. The number of H-pyrrole nitrogens is 1. The predicted molar refractivity (Wildman–Crippen MR) is 95.4 cm³/mol. The molecule has 2 amide bonds. The number of nitrogens with one attached hydrogen (secondary N) is 2. The monoisotopic (exact) mass is 358 g/mol. The maximum Gasteiger partial charge on any atom is 0.326 e. The van der Waals surface area contributed by atoms with Gasteiger partial charge in [0.2, 0.25) is 11.8 Å². The Morgan fingerprint density at radius 3 is 2.88 bits per heavy atom. The number of carboxylic acids is 1. The molecule has 138 valence electrons. The van der Waals surface area contributed by atoms with E-state index in [4.69, 9.17) is 10.8 Å². The highest BCUT2D eigenvalue weighted by atomic mass is 16.4. The van der Waals surface area contributed by atoms with E-state index in [0.29, 0.717) is 25.8 Å². The van der Waals surface area contributed by atoms with Crippen LogP contribution in [0.15, 0.2) is 30.5 Å². The van der Waals surface area contributed by atoms with Crippen molar-refractivity contribution in [3.63, 3.8) is 0 Å². The summed E-state index contributed by atoms with van der Waals surface area (Å²) in [5, 5.41) is 12.7. The molecule has 8 nitrogen and oxygen atoms in total. The molecule has 1 aromatic heterocycles. The van der Waals surface area contributed by atoms with E-state index < -0.39 is 29.9 Å². The third kappa shape index (κ3) is 3.70. The minimum Gasteiger partial charge on any atom is -0.480 e. The molecule has 1 saturated heterocycles. The topological polar surface area (TPSA) is 129 Å². The quantitative estimate of drug-likeness (QED) is 0.587. The molecule has 8 heteroatoms. The van der Waals surface area contributed by atoms with Gasteiger partial charge in [0.15, 0.2) is 0 Å². The molecule has 0 bridgehead atoms. The molecule has 26 heavy (non-hydrogen) atoms. The highest BCUT2D eigenvalue weighted by Crippen LogP contribution is 2.19. The second kappa shape index (κ2) is 7.57. The zero-order chi connectivity index (χ0) is 18.7. The first kappa shape index (κ1) is 17.9. The molecule has 1 fully saturated rings. The van der Waals surface area contributed by atoms with Gasteiger partial charge in [0.05, 0.1) is 12.6 Å².